The average molecular weight is 345 g/mol. The zero-order valence-electron chi connectivity index (χ0n) is 13.3. The summed E-state index contributed by atoms with van der Waals surface area (Å²) in [6.45, 7) is 1.23. The van der Waals surface area contributed by atoms with Crippen LogP contribution in [0.4, 0.5) is 0 Å². The second-order valence-electron chi connectivity index (χ2n) is 5.41. The van der Waals surface area contributed by atoms with Crippen molar-refractivity contribution < 1.29 is 4.74 Å². The highest BCUT2D eigenvalue weighted by atomic mass is 35.5. The Kier molecular flexibility index (Phi) is 6.41. The predicted molar refractivity (Wildman–Crippen MR) is 101 cm³/mol. The molecule has 0 unspecified atom stereocenters. The van der Waals surface area contributed by atoms with E-state index in [2.05, 4.69) is 4.98 Å². The van der Waals surface area contributed by atoms with Crippen molar-refractivity contribution >= 4 is 23.2 Å². The molecular formula is C19H21ClN2O2. The number of hydrogen-bond acceptors (Lipinski definition) is 3. The molecule has 24 heavy (non-hydrogen) atoms. The summed E-state index contributed by atoms with van der Waals surface area (Å²) >= 11 is 0. The molecule has 2 aromatic carbocycles. The lowest BCUT2D eigenvalue weighted by Crippen LogP contribution is -2.11. The van der Waals surface area contributed by atoms with E-state index in [0.29, 0.717) is 18.5 Å². The Morgan fingerprint density at radius 1 is 0.917 bits per heavy atom. The zero-order chi connectivity index (χ0) is 16.1. The summed E-state index contributed by atoms with van der Waals surface area (Å²) in [5.41, 5.74) is 7.09. The molecule has 0 atom stereocenters. The van der Waals surface area contributed by atoms with Crippen LogP contribution in [-0.4, -0.2) is 18.1 Å². The van der Waals surface area contributed by atoms with Crippen molar-refractivity contribution in [2.24, 2.45) is 5.73 Å². The lowest BCUT2D eigenvalue weighted by Gasteiger charge is -2.14. The molecule has 0 saturated carbocycles. The molecule has 3 rings (SSSR count). The topological polar surface area (TPSA) is 68.1 Å². The molecule has 1 heterocycles. The number of aromatic nitrogens is 1. The quantitative estimate of drug-likeness (QED) is 0.669. The van der Waals surface area contributed by atoms with E-state index >= 15 is 0 Å². The maximum atomic E-state index is 12.4. The van der Waals surface area contributed by atoms with Crippen molar-refractivity contribution in [2.45, 2.75) is 12.8 Å². The first-order valence-corrected chi connectivity index (χ1v) is 7.84. The molecule has 1 aromatic heterocycles. The molecule has 0 amide bonds. The maximum absolute atomic E-state index is 12.4. The van der Waals surface area contributed by atoms with Gasteiger partial charge in [-0.05, 0) is 25.5 Å². The van der Waals surface area contributed by atoms with Crippen molar-refractivity contribution in [3.63, 3.8) is 0 Å². The number of benzene rings is 2. The largest absolute Gasteiger partial charge is 0.491 e. The third kappa shape index (κ3) is 3.78. The molecule has 0 saturated heterocycles. The van der Waals surface area contributed by atoms with Crippen molar-refractivity contribution in [1.29, 1.82) is 0 Å². The average Bonchev–Trinajstić information content (AvgIpc) is 2.61. The summed E-state index contributed by atoms with van der Waals surface area (Å²) in [4.78, 5) is 15.3. The molecule has 0 aliphatic rings. The van der Waals surface area contributed by atoms with Gasteiger partial charge >= 0.3 is 0 Å². The first kappa shape index (κ1) is 18.0. The van der Waals surface area contributed by atoms with Crippen molar-refractivity contribution in [3.05, 3.63) is 65.0 Å². The second-order valence-corrected chi connectivity index (χ2v) is 5.41. The number of pyridine rings is 1. The Morgan fingerprint density at radius 2 is 1.58 bits per heavy atom. The fraction of sp³-hybridized carbons (Fsp3) is 0.211. The van der Waals surface area contributed by atoms with Gasteiger partial charge in [0.1, 0.15) is 0 Å². The lowest BCUT2D eigenvalue weighted by molar-refractivity contribution is 0.311. The van der Waals surface area contributed by atoms with E-state index in [1.807, 2.05) is 54.6 Å². The molecule has 3 N–H and O–H groups in total. The fourth-order valence-electron chi connectivity index (χ4n) is 2.63. The minimum atomic E-state index is -0.103. The summed E-state index contributed by atoms with van der Waals surface area (Å²) in [5, 5.41) is 1.48. The van der Waals surface area contributed by atoms with Gasteiger partial charge in [-0.25, -0.2) is 0 Å². The van der Waals surface area contributed by atoms with Crippen LogP contribution < -0.4 is 16.0 Å². The van der Waals surface area contributed by atoms with E-state index in [1.54, 1.807) is 0 Å². The third-order valence-electron chi connectivity index (χ3n) is 3.79. The van der Waals surface area contributed by atoms with Crippen LogP contribution in [0.3, 0.4) is 0 Å². The number of H-pyrrole nitrogens is 1. The van der Waals surface area contributed by atoms with Gasteiger partial charge in [0.25, 0.3) is 5.56 Å². The first-order valence-electron chi connectivity index (χ1n) is 7.84. The van der Waals surface area contributed by atoms with Crippen LogP contribution >= 0.6 is 12.4 Å². The summed E-state index contributed by atoms with van der Waals surface area (Å²) in [5.74, 6) is 0.725. The minimum Gasteiger partial charge on any atom is -0.491 e. The molecular weight excluding hydrogens is 324 g/mol. The Labute approximate surface area is 147 Å². The van der Waals surface area contributed by atoms with Crippen LogP contribution in [0.15, 0.2) is 59.4 Å². The molecule has 126 valence electrons. The summed E-state index contributed by atoms with van der Waals surface area (Å²) in [6, 6.07) is 17.3. The number of nitrogens with two attached hydrogens (primary N) is 1. The Hall–Kier alpha value is -2.30. The Bertz CT molecular complexity index is 847. The molecule has 0 bridgehead atoms. The molecule has 5 heteroatoms. The van der Waals surface area contributed by atoms with Crippen LogP contribution in [0.25, 0.3) is 22.0 Å². The summed E-state index contributed by atoms with van der Waals surface area (Å²) in [6.07, 6.45) is 1.81. The zero-order valence-corrected chi connectivity index (χ0v) is 14.1. The number of rotatable bonds is 6. The minimum absolute atomic E-state index is 0. The number of halogens is 1. The van der Waals surface area contributed by atoms with Crippen LogP contribution in [0, 0.1) is 0 Å². The SMILES string of the molecule is Cl.NCCCCOc1c(-c2ccccc2)[nH]c(=O)c2ccccc12. The number of fused-ring (bicyclic) bond motifs is 1. The highest BCUT2D eigenvalue weighted by Crippen LogP contribution is 2.33. The van der Waals surface area contributed by atoms with Gasteiger partial charge in [0, 0.05) is 10.9 Å². The molecule has 0 aliphatic carbocycles. The first-order chi connectivity index (χ1) is 11.3. The number of nitrogens with one attached hydrogen (secondary N) is 1. The fourth-order valence-corrected chi connectivity index (χ4v) is 2.63. The molecule has 0 aliphatic heterocycles. The third-order valence-corrected chi connectivity index (χ3v) is 3.79. The van der Waals surface area contributed by atoms with E-state index in [1.165, 1.54) is 0 Å². The van der Waals surface area contributed by atoms with Gasteiger partial charge in [-0.15, -0.1) is 12.4 Å². The van der Waals surface area contributed by atoms with Crippen LogP contribution in [0.5, 0.6) is 5.75 Å². The molecule has 0 fully saturated rings. The van der Waals surface area contributed by atoms with Gasteiger partial charge in [-0.2, -0.15) is 0 Å². The van der Waals surface area contributed by atoms with Gasteiger partial charge in [0.15, 0.2) is 5.75 Å². The lowest BCUT2D eigenvalue weighted by atomic mass is 10.1. The number of hydrogen-bond donors (Lipinski definition) is 2. The summed E-state index contributed by atoms with van der Waals surface area (Å²) in [7, 11) is 0. The van der Waals surface area contributed by atoms with Crippen molar-refractivity contribution in [3.8, 4) is 17.0 Å². The molecule has 4 nitrogen and oxygen atoms in total. The van der Waals surface area contributed by atoms with E-state index in [0.717, 1.165) is 35.2 Å². The van der Waals surface area contributed by atoms with Gasteiger partial charge < -0.3 is 15.5 Å². The van der Waals surface area contributed by atoms with Crippen molar-refractivity contribution in [2.75, 3.05) is 13.2 Å². The maximum Gasteiger partial charge on any atom is 0.256 e. The number of unbranched alkanes of at least 4 members (excludes halogenated alkanes) is 1. The number of aromatic amines is 1. The highest BCUT2D eigenvalue weighted by Gasteiger charge is 2.14. The van der Waals surface area contributed by atoms with Crippen LogP contribution in [-0.2, 0) is 0 Å². The van der Waals surface area contributed by atoms with E-state index in [4.69, 9.17) is 10.5 Å². The summed E-state index contributed by atoms with van der Waals surface area (Å²) < 4.78 is 6.04. The smallest absolute Gasteiger partial charge is 0.256 e. The molecule has 0 spiro atoms. The molecule has 3 aromatic rings. The Morgan fingerprint density at radius 3 is 2.29 bits per heavy atom. The van der Waals surface area contributed by atoms with Gasteiger partial charge in [0.2, 0.25) is 0 Å². The standard InChI is InChI=1S/C19H20N2O2.ClH/c20-12-6-7-13-23-18-15-10-4-5-11-16(15)19(22)21-17(18)14-8-2-1-3-9-14;/h1-5,8-11H,6-7,12-13,20H2,(H,21,22);1H. The van der Waals surface area contributed by atoms with Crippen LogP contribution in [0.2, 0.25) is 0 Å². The van der Waals surface area contributed by atoms with Gasteiger partial charge in [0.05, 0.1) is 17.7 Å². The van der Waals surface area contributed by atoms with E-state index in [-0.39, 0.29) is 18.0 Å². The second kappa shape index (κ2) is 8.52. The van der Waals surface area contributed by atoms with E-state index < -0.39 is 0 Å². The van der Waals surface area contributed by atoms with Gasteiger partial charge in [-0.1, -0.05) is 48.5 Å². The predicted octanol–water partition coefficient (Wildman–Crippen LogP) is 3.73. The van der Waals surface area contributed by atoms with E-state index in [9.17, 15) is 4.79 Å². The highest BCUT2D eigenvalue weighted by molar-refractivity contribution is 5.92. The van der Waals surface area contributed by atoms with Crippen molar-refractivity contribution in [1.82, 2.24) is 4.98 Å². The Balaban J connectivity index is 0.00000208. The van der Waals surface area contributed by atoms with Gasteiger partial charge in [-0.3, -0.25) is 4.79 Å². The normalized spacial score (nSPS) is 10.4. The van der Waals surface area contributed by atoms with Crippen LogP contribution in [0.1, 0.15) is 12.8 Å². The number of ether oxygens (including phenoxy) is 1. The monoisotopic (exact) mass is 344 g/mol. The molecule has 0 radical (unpaired) electrons.